The lowest BCUT2D eigenvalue weighted by molar-refractivity contribution is -0.347. The molecule has 2 aromatic heterocycles. The minimum atomic E-state index is -5.93. The van der Waals surface area contributed by atoms with Gasteiger partial charge in [0.15, 0.2) is 22.8 Å². The van der Waals surface area contributed by atoms with Gasteiger partial charge < -0.3 is 74.1 Å². The number of imidazole rings is 1. The molecule has 0 radical (unpaired) electrons. The first-order valence-electron chi connectivity index (χ1n) is 26.6. The van der Waals surface area contributed by atoms with Crippen LogP contribution in [-0.2, 0) is 50.7 Å². The number of aromatic nitrogens is 4. The second kappa shape index (κ2) is 35.3. The molecule has 1 aliphatic rings. The lowest BCUT2D eigenvalue weighted by atomic mass is 9.87. The zero-order chi connectivity index (χ0) is 56.2. The van der Waals surface area contributed by atoms with Crippen LogP contribution >= 0.6 is 35.2 Å². The third kappa shape index (κ3) is 27.1. The first kappa shape index (κ1) is 67.8. The van der Waals surface area contributed by atoms with Crippen LogP contribution in [0.4, 0.5) is 5.82 Å². The predicted molar refractivity (Wildman–Crippen MR) is 276 cm³/mol. The summed E-state index contributed by atoms with van der Waals surface area (Å²) in [6.45, 7) is 2.28. The van der Waals surface area contributed by atoms with Gasteiger partial charge in [-0.1, -0.05) is 167 Å². The second-order valence-electron chi connectivity index (χ2n) is 19.9. The molecule has 0 bridgehead atoms. The van der Waals surface area contributed by atoms with Crippen molar-refractivity contribution in [1.29, 1.82) is 0 Å². The Morgan fingerprint density at radius 1 is 0.803 bits per heavy atom. The molecule has 7 N–H and O–H groups in total. The van der Waals surface area contributed by atoms with Crippen molar-refractivity contribution in [2.24, 2.45) is 5.41 Å². The molecule has 8 atom stereocenters. The first-order valence-corrected chi connectivity index (χ1v) is 32.0. The van der Waals surface area contributed by atoms with E-state index in [9.17, 15) is 63.0 Å². The van der Waals surface area contributed by atoms with E-state index in [-0.39, 0.29) is 53.8 Å². The van der Waals surface area contributed by atoms with E-state index in [1.54, 1.807) is 0 Å². The van der Waals surface area contributed by atoms with Gasteiger partial charge in [-0.3, -0.25) is 28.1 Å². The Morgan fingerprint density at radius 3 is 1.89 bits per heavy atom. The van der Waals surface area contributed by atoms with Crippen molar-refractivity contribution in [2.45, 2.75) is 212 Å². The average Bonchev–Trinajstić information content (AvgIpc) is 3.91. The average molecular weight is 1160 g/mol. The summed E-state index contributed by atoms with van der Waals surface area (Å²) in [6, 6.07) is 0. The fraction of sp³-hybridized carbons (Fsp3) is 0.830. The molecule has 29 heteroatoms. The summed E-state index contributed by atoms with van der Waals surface area (Å²) in [7, 11) is -17.6. The number of amides is 2. The molecule has 1 fully saturated rings. The van der Waals surface area contributed by atoms with Crippen molar-refractivity contribution < 1.29 is 85.6 Å². The maximum atomic E-state index is 12.7. The van der Waals surface area contributed by atoms with Crippen molar-refractivity contribution in [3.63, 3.8) is 0 Å². The second-order valence-corrected chi connectivity index (χ2v) is 25.1. The van der Waals surface area contributed by atoms with Crippen molar-refractivity contribution in [2.75, 3.05) is 37.8 Å². The predicted octanol–water partition coefficient (Wildman–Crippen LogP) is 4.49. The van der Waals surface area contributed by atoms with E-state index >= 15 is 0 Å². The number of carbonyl (C=O) groups excluding carboxylic acids is 3. The number of phosphoric acid groups is 3. The van der Waals surface area contributed by atoms with Crippen LogP contribution in [0.5, 0.6) is 0 Å². The summed E-state index contributed by atoms with van der Waals surface area (Å²) in [5.74, 6) is -1.32. The van der Waals surface area contributed by atoms with E-state index in [4.69, 9.17) is 10.5 Å². The Kier molecular flexibility index (Phi) is 31.5. The standard InChI is InChI=1S/C47H86N7O18P3S/c1-4-5-6-7-8-9-10-11-12-13-14-15-16-17-18-19-20-21-22-23-24-25-35(55)30-38(57)76-29-28-49-37(56)26-27-50-45(60)42(59)47(2,3)32-69-75(66,67)72-74(64,65)68-31-36-41(71-73(61,62)63)40(58)46(70-36)54-34-53-39-43(48)51-33-52-44(39)54/h33-36,40-42,46,55,58-59H,4-32H2,1-3H3,(H,49,56)(H,50,60)(H,64,65)(H,66,67)(H2,48,51,52)(H2,61,62,63)/p-4/t35?,36-,40-,41-,42+,46-/m1/s1. The van der Waals surface area contributed by atoms with Gasteiger partial charge >= 0.3 is 0 Å². The molecule has 25 nitrogen and oxygen atoms in total. The SMILES string of the molecule is CCCCCCCCCCCCCCCCCCCCCCCC(O)CC(=O)SCCNC(=O)CCNC(=O)[C@H](O)C(C)(C)COP(=O)([O-])OP(=O)([O-])OC[C@H]1O[C@@H](n2cnc3c(N)ncnc32)[C@H](O)[C@@H]1OP(=O)([O-])[O-]. The van der Waals surface area contributed by atoms with Gasteiger partial charge in [-0.25, -0.2) is 19.3 Å². The van der Waals surface area contributed by atoms with E-state index in [0.29, 0.717) is 6.42 Å². The number of nitrogens with two attached hydrogens (primary N) is 1. The normalized spacial score (nSPS) is 19.6. The number of ether oxygens (including phenoxy) is 1. The zero-order valence-corrected chi connectivity index (χ0v) is 47.7. The van der Waals surface area contributed by atoms with E-state index in [0.717, 1.165) is 48.2 Å². The van der Waals surface area contributed by atoms with E-state index in [2.05, 4.69) is 50.4 Å². The number of nitrogens with zero attached hydrogens (tertiary/aromatic N) is 4. The number of phosphoric ester groups is 3. The lowest BCUT2D eigenvalue weighted by Crippen LogP contribution is -2.46. The van der Waals surface area contributed by atoms with E-state index < -0.39 is 90.7 Å². The quantitative estimate of drug-likeness (QED) is 0.0393. The summed E-state index contributed by atoms with van der Waals surface area (Å²) >= 11 is 0.994. The first-order chi connectivity index (χ1) is 35.9. The van der Waals surface area contributed by atoms with Crippen molar-refractivity contribution >= 4 is 69.1 Å². The molecule has 3 unspecified atom stereocenters. The Bertz CT molecular complexity index is 2180. The number of fused-ring (bicyclic) bond motifs is 1. The smallest absolute Gasteiger partial charge is 0.274 e. The Morgan fingerprint density at radius 2 is 1.34 bits per heavy atom. The van der Waals surface area contributed by atoms with Gasteiger partial charge in [-0.15, -0.1) is 0 Å². The molecule has 0 aliphatic carbocycles. The number of hydrogen-bond donors (Lipinski definition) is 6. The van der Waals surface area contributed by atoms with Crippen molar-refractivity contribution in [3.05, 3.63) is 12.7 Å². The summed E-state index contributed by atoms with van der Waals surface area (Å²) in [6.07, 6.45) is 19.4. The maximum Gasteiger partial charge on any atom is 0.274 e. The highest BCUT2D eigenvalue weighted by molar-refractivity contribution is 8.13. The van der Waals surface area contributed by atoms with Crippen molar-refractivity contribution in [3.8, 4) is 0 Å². The number of nitrogen functional groups attached to an aromatic ring is 1. The third-order valence-electron chi connectivity index (χ3n) is 12.8. The number of anilines is 1. The van der Waals surface area contributed by atoms with Crippen LogP contribution in [-0.4, -0.2) is 114 Å². The van der Waals surface area contributed by atoms with Crippen LogP contribution in [0.15, 0.2) is 12.7 Å². The molecular formula is C47H82N7O18P3S-4. The van der Waals surface area contributed by atoms with Gasteiger partial charge in [0.05, 0.1) is 33.5 Å². The van der Waals surface area contributed by atoms with Crippen LogP contribution in [0, 0.1) is 5.41 Å². The van der Waals surface area contributed by atoms with Gasteiger partial charge in [0.2, 0.25) is 11.8 Å². The highest BCUT2D eigenvalue weighted by atomic mass is 32.2. The molecule has 0 spiro atoms. The topological polar surface area (TPSA) is 395 Å². The van der Waals surface area contributed by atoms with E-state index in [1.807, 2.05) is 0 Å². The molecule has 3 heterocycles. The van der Waals surface area contributed by atoms with Crippen LogP contribution in [0.25, 0.3) is 11.2 Å². The molecule has 0 aromatic carbocycles. The fourth-order valence-electron chi connectivity index (χ4n) is 8.44. The Labute approximate surface area is 450 Å². The summed E-state index contributed by atoms with van der Waals surface area (Å²) in [4.78, 5) is 97.2. The number of aliphatic hydroxyl groups excluding tert-OH is 3. The minimum absolute atomic E-state index is 0.0180. The van der Waals surface area contributed by atoms with Crippen molar-refractivity contribution in [1.82, 2.24) is 30.2 Å². The molecule has 2 amide bonds. The fourth-order valence-corrected chi connectivity index (χ4v) is 11.9. The highest BCUT2D eigenvalue weighted by Gasteiger charge is 2.47. The molecule has 3 rings (SSSR count). The highest BCUT2D eigenvalue weighted by Crippen LogP contribution is 2.56. The number of unbranched alkanes of at least 4 members (excludes halogenated alkanes) is 20. The largest absolute Gasteiger partial charge is 0.790 e. The summed E-state index contributed by atoms with van der Waals surface area (Å²) in [5, 5.41) is 36.6. The van der Waals surface area contributed by atoms with Gasteiger partial charge in [0.25, 0.3) is 15.6 Å². The third-order valence-corrected chi connectivity index (χ3v) is 16.7. The lowest BCUT2D eigenvalue weighted by Gasteiger charge is -2.36. The maximum absolute atomic E-state index is 12.7. The molecule has 1 saturated heterocycles. The molecule has 2 aromatic rings. The summed E-state index contributed by atoms with van der Waals surface area (Å²) in [5.41, 5.74) is 4.07. The zero-order valence-electron chi connectivity index (χ0n) is 44.2. The van der Waals surface area contributed by atoms with E-state index in [1.165, 1.54) is 129 Å². The molecule has 438 valence electrons. The monoisotopic (exact) mass is 1160 g/mol. The number of aliphatic hydroxyl groups is 3. The van der Waals surface area contributed by atoms with Gasteiger partial charge in [-0.2, -0.15) is 0 Å². The van der Waals surface area contributed by atoms with Crippen LogP contribution in [0.2, 0.25) is 0 Å². The summed E-state index contributed by atoms with van der Waals surface area (Å²) < 4.78 is 60.9. The number of nitrogens with one attached hydrogen (secondary N) is 2. The number of thioether (sulfide) groups is 1. The van der Waals surface area contributed by atoms with Gasteiger partial charge in [0, 0.05) is 37.1 Å². The Balaban J connectivity index is 1.22. The van der Waals surface area contributed by atoms with Gasteiger partial charge in [-0.05, 0) is 6.42 Å². The molecule has 1 aliphatic heterocycles. The number of carbonyl (C=O) groups is 3. The Hall–Kier alpha value is -2.48. The van der Waals surface area contributed by atoms with Crippen LogP contribution < -0.4 is 35.9 Å². The molecule has 76 heavy (non-hydrogen) atoms. The minimum Gasteiger partial charge on any atom is -0.790 e. The van der Waals surface area contributed by atoms with Crippen LogP contribution in [0.3, 0.4) is 0 Å². The number of rotatable bonds is 43. The van der Waals surface area contributed by atoms with Crippen LogP contribution in [0.1, 0.15) is 181 Å². The molecule has 0 saturated carbocycles. The van der Waals surface area contributed by atoms with Gasteiger partial charge in [0.1, 0.15) is 36.3 Å². The number of hydrogen-bond acceptors (Lipinski definition) is 23. The molecular weight excluding hydrogens is 1080 g/mol.